The largest absolute Gasteiger partial charge is 0.308 e. The first-order valence-electron chi connectivity index (χ1n) is 12.1. The number of pyridine rings is 2. The summed E-state index contributed by atoms with van der Waals surface area (Å²) in [5, 5.41) is 6.86. The molecule has 32 heavy (non-hydrogen) atoms. The SMILES string of the molecule is Cc1cc(C)c2c(c1)c1nccc3cc(C4CCCCC4)c4c5c(C)cccc5n2c4c31. The molecule has 0 unspecified atom stereocenters. The van der Waals surface area contributed by atoms with Crippen LogP contribution in [0.5, 0.6) is 0 Å². The van der Waals surface area contributed by atoms with Gasteiger partial charge in [-0.15, -0.1) is 0 Å². The van der Waals surface area contributed by atoms with Crippen LogP contribution in [0.2, 0.25) is 0 Å². The first-order valence-corrected chi connectivity index (χ1v) is 12.1. The molecule has 2 nitrogen and oxygen atoms in total. The van der Waals surface area contributed by atoms with Crippen LogP contribution in [0.25, 0.3) is 49.0 Å². The number of rotatable bonds is 1. The monoisotopic (exact) mass is 416 g/mol. The number of nitrogens with zero attached hydrogens (tertiary/aromatic N) is 2. The van der Waals surface area contributed by atoms with Crippen LogP contribution in [0.3, 0.4) is 0 Å². The summed E-state index contributed by atoms with van der Waals surface area (Å²) in [6.07, 6.45) is 8.72. The van der Waals surface area contributed by atoms with Crippen LogP contribution in [0.15, 0.2) is 48.7 Å². The van der Waals surface area contributed by atoms with Crippen molar-refractivity contribution in [3.8, 4) is 0 Å². The molecule has 1 fully saturated rings. The molecule has 1 aliphatic carbocycles. The molecule has 0 atom stereocenters. The van der Waals surface area contributed by atoms with Gasteiger partial charge >= 0.3 is 0 Å². The molecule has 0 saturated heterocycles. The fourth-order valence-corrected chi connectivity index (χ4v) is 6.73. The summed E-state index contributed by atoms with van der Waals surface area (Å²) in [6, 6.07) is 16.2. The van der Waals surface area contributed by atoms with Gasteiger partial charge in [-0.1, -0.05) is 43.0 Å². The summed E-state index contributed by atoms with van der Waals surface area (Å²) in [6.45, 7) is 6.74. The lowest BCUT2D eigenvalue weighted by Gasteiger charge is -2.24. The topological polar surface area (TPSA) is 17.3 Å². The molecule has 0 aliphatic heterocycles. The van der Waals surface area contributed by atoms with E-state index in [9.17, 15) is 0 Å². The van der Waals surface area contributed by atoms with Crippen LogP contribution >= 0.6 is 0 Å². The molecule has 7 rings (SSSR count). The van der Waals surface area contributed by atoms with E-state index in [1.165, 1.54) is 92.3 Å². The molecule has 0 bridgehead atoms. The number of fused-ring (bicyclic) bond motifs is 6. The standard InChI is InChI=1S/C30H28N2/c1-17-14-19(3)29-23(15-17)28-26-21(12-13-31-28)16-22(20-9-5-4-6-10-20)27-25-18(2)8-7-11-24(25)32(29)30(26)27/h7-8,11-16,20H,4-6,9-10H2,1-3H3. The van der Waals surface area contributed by atoms with Gasteiger partial charge in [0.2, 0.25) is 0 Å². The fourth-order valence-electron chi connectivity index (χ4n) is 6.73. The Bertz CT molecular complexity index is 1680. The van der Waals surface area contributed by atoms with Gasteiger partial charge in [0.1, 0.15) is 0 Å². The summed E-state index contributed by atoms with van der Waals surface area (Å²) >= 11 is 0. The molecule has 1 aliphatic rings. The molecular weight excluding hydrogens is 388 g/mol. The molecule has 0 radical (unpaired) electrons. The van der Waals surface area contributed by atoms with Gasteiger partial charge in [0.05, 0.1) is 22.1 Å². The Balaban J connectivity index is 1.84. The van der Waals surface area contributed by atoms with Gasteiger partial charge in [0, 0.05) is 27.7 Å². The van der Waals surface area contributed by atoms with Crippen molar-refractivity contribution in [1.29, 1.82) is 0 Å². The Hall–Kier alpha value is -3.13. The lowest BCUT2D eigenvalue weighted by molar-refractivity contribution is 0.446. The number of hydrogen-bond donors (Lipinski definition) is 0. The van der Waals surface area contributed by atoms with E-state index < -0.39 is 0 Å². The highest BCUT2D eigenvalue weighted by Gasteiger charge is 2.26. The minimum absolute atomic E-state index is 0.656. The Labute approximate surface area is 188 Å². The van der Waals surface area contributed by atoms with Crippen molar-refractivity contribution in [3.05, 3.63) is 70.9 Å². The number of aromatic nitrogens is 2. The third-order valence-corrected chi connectivity index (χ3v) is 7.99. The van der Waals surface area contributed by atoms with Gasteiger partial charge in [-0.05, 0) is 85.9 Å². The Morgan fingerprint density at radius 2 is 1.66 bits per heavy atom. The first kappa shape index (κ1) is 18.4. The van der Waals surface area contributed by atoms with Crippen LogP contribution < -0.4 is 0 Å². The second-order valence-corrected chi connectivity index (χ2v) is 10.1. The zero-order valence-corrected chi connectivity index (χ0v) is 19.1. The molecule has 0 amide bonds. The lowest BCUT2D eigenvalue weighted by atomic mass is 9.81. The van der Waals surface area contributed by atoms with Gasteiger partial charge in [-0.3, -0.25) is 4.98 Å². The molecule has 158 valence electrons. The molecule has 3 aromatic carbocycles. The third kappa shape index (κ3) is 2.28. The van der Waals surface area contributed by atoms with Crippen molar-refractivity contribution in [2.45, 2.75) is 58.8 Å². The zero-order chi connectivity index (χ0) is 21.6. The van der Waals surface area contributed by atoms with Crippen molar-refractivity contribution in [1.82, 2.24) is 9.38 Å². The highest BCUT2D eigenvalue weighted by molar-refractivity contribution is 6.29. The van der Waals surface area contributed by atoms with E-state index in [0.29, 0.717) is 5.92 Å². The average Bonchev–Trinajstić information content (AvgIpc) is 3.15. The second-order valence-electron chi connectivity index (χ2n) is 10.1. The molecule has 6 aromatic rings. The van der Waals surface area contributed by atoms with Crippen molar-refractivity contribution in [2.75, 3.05) is 0 Å². The second kappa shape index (κ2) is 6.45. The minimum Gasteiger partial charge on any atom is -0.308 e. The van der Waals surface area contributed by atoms with E-state index >= 15 is 0 Å². The molecule has 0 spiro atoms. The Kier molecular flexibility index (Phi) is 3.72. The maximum Gasteiger partial charge on any atom is 0.0822 e. The predicted octanol–water partition coefficient (Wildman–Crippen LogP) is 8.36. The maximum absolute atomic E-state index is 4.97. The van der Waals surface area contributed by atoms with E-state index in [1.54, 1.807) is 5.56 Å². The van der Waals surface area contributed by atoms with Crippen LogP contribution in [0, 0.1) is 20.8 Å². The first-order chi connectivity index (χ1) is 15.6. The fraction of sp³-hybridized carbons (Fsp3) is 0.300. The summed E-state index contributed by atoms with van der Waals surface area (Å²) in [5.41, 5.74) is 10.8. The van der Waals surface area contributed by atoms with Gasteiger partial charge in [0.25, 0.3) is 0 Å². The summed E-state index contributed by atoms with van der Waals surface area (Å²) in [5.74, 6) is 0.656. The van der Waals surface area contributed by atoms with E-state index in [-0.39, 0.29) is 0 Å². The summed E-state index contributed by atoms with van der Waals surface area (Å²) in [4.78, 5) is 4.97. The van der Waals surface area contributed by atoms with Crippen molar-refractivity contribution >= 4 is 49.0 Å². The average molecular weight is 417 g/mol. The Morgan fingerprint density at radius 1 is 0.812 bits per heavy atom. The van der Waals surface area contributed by atoms with Gasteiger partial charge in [0.15, 0.2) is 0 Å². The van der Waals surface area contributed by atoms with Crippen LogP contribution in [0.1, 0.15) is 60.3 Å². The van der Waals surface area contributed by atoms with Crippen LogP contribution in [-0.2, 0) is 0 Å². The number of hydrogen-bond acceptors (Lipinski definition) is 1. The summed E-state index contributed by atoms with van der Waals surface area (Å²) in [7, 11) is 0. The van der Waals surface area contributed by atoms with Crippen LogP contribution in [0.4, 0.5) is 0 Å². The molecule has 3 aromatic heterocycles. The lowest BCUT2D eigenvalue weighted by Crippen LogP contribution is -2.06. The molecule has 3 heterocycles. The van der Waals surface area contributed by atoms with Crippen LogP contribution in [-0.4, -0.2) is 9.38 Å². The highest BCUT2D eigenvalue weighted by atomic mass is 14.9. The van der Waals surface area contributed by atoms with E-state index in [0.717, 1.165) is 5.52 Å². The molecule has 2 heteroatoms. The van der Waals surface area contributed by atoms with Crippen molar-refractivity contribution < 1.29 is 0 Å². The molecular formula is C30H28N2. The van der Waals surface area contributed by atoms with Gasteiger partial charge in [-0.2, -0.15) is 0 Å². The molecule has 1 saturated carbocycles. The number of aryl methyl sites for hydroxylation is 3. The van der Waals surface area contributed by atoms with Gasteiger partial charge in [-0.25, -0.2) is 0 Å². The van der Waals surface area contributed by atoms with E-state index in [2.05, 4.69) is 67.6 Å². The normalized spacial score (nSPS) is 15.8. The Morgan fingerprint density at radius 3 is 2.50 bits per heavy atom. The predicted molar refractivity (Wildman–Crippen MR) is 136 cm³/mol. The van der Waals surface area contributed by atoms with Gasteiger partial charge < -0.3 is 4.40 Å². The zero-order valence-electron chi connectivity index (χ0n) is 19.1. The quantitative estimate of drug-likeness (QED) is 0.194. The maximum atomic E-state index is 4.97. The van der Waals surface area contributed by atoms with Crippen molar-refractivity contribution in [2.24, 2.45) is 0 Å². The van der Waals surface area contributed by atoms with E-state index in [4.69, 9.17) is 4.98 Å². The minimum atomic E-state index is 0.656. The third-order valence-electron chi connectivity index (χ3n) is 7.99. The van der Waals surface area contributed by atoms with Crippen molar-refractivity contribution in [3.63, 3.8) is 0 Å². The highest BCUT2D eigenvalue weighted by Crippen LogP contribution is 2.47. The van der Waals surface area contributed by atoms with E-state index in [1.807, 2.05) is 6.20 Å². The summed E-state index contributed by atoms with van der Waals surface area (Å²) < 4.78 is 2.57. The molecule has 0 N–H and O–H groups in total. The smallest absolute Gasteiger partial charge is 0.0822 e. The number of benzene rings is 3.